The van der Waals surface area contributed by atoms with Gasteiger partial charge in [-0.1, -0.05) is 18.5 Å². The number of pyridine rings is 2. The van der Waals surface area contributed by atoms with Gasteiger partial charge >= 0.3 is 0 Å². The minimum Gasteiger partial charge on any atom is -0.355 e. The normalized spacial score (nSPS) is 19.1. The van der Waals surface area contributed by atoms with E-state index in [2.05, 4.69) is 21.8 Å². The molecule has 0 aliphatic carbocycles. The van der Waals surface area contributed by atoms with E-state index in [0.29, 0.717) is 5.92 Å². The fourth-order valence-corrected chi connectivity index (χ4v) is 3.03. The molecule has 20 heavy (non-hydrogen) atoms. The smallest absolute Gasteiger partial charge is 0.147 e. The van der Waals surface area contributed by atoms with E-state index in [0.717, 1.165) is 35.1 Å². The van der Waals surface area contributed by atoms with Crippen LogP contribution in [0.2, 0.25) is 5.02 Å². The summed E-state index contributed by atoms with van der Waals surface area (Å²) in [5.74, 6) is 1.62. The molecule has 3 nitrogen and oxygen atoms in total. The van der Waals surface area contributed by atoms with Crippen LogP contribution in [0.1, 0.15) is 19.8 Å². The third-order valence-corrected chi connectivity index (χ3v) is 4.07. The van der Waals surface area contributed by atoms with Crippen molar-refractivity contribution in [3.05, 3.63) is 41.8 Å². The molecule has 1 atom stereocenters. The first-order valence-corrected chi connectivity index (χ1v) is 7.43. The zero-order valence-corrected chi connectivity index (χ0v) is 12.3. The van der Waals surface area contributed by atoms with Crippen molar-refractivity contribution in [3.63, 3.8) is 0 Å². The molecule has 1 aliphatic rings. The fourth-order valence-electron chi connectivity index (χ4n) is 2.75. The molecule has 1 aliphatic heterocycles. The summed E-state index contributed by atoms with van der Waals surface area (Å²) >= 11 is 6.44. The molecule has 1 unspecified atom stereocenters. The Hall–Kier alpha value is -1.61. The van der Waals surface area contributed by atoms with Crippen LogP contribution < -0.4 is 4.90 Å². The lowest BCUT2D eigenvalue weighted by Gasteiger charge is -2.32. The Balaban J connectivity index is 1.88. The van der Waals surface area contributed by atoms with E-state index in [1.807, 2.05) is 24.4 Å². The second kappa shape index (κ2) is 5.80. The maximum atomic E-state index is 6.44. The van der Waals surface area contributed by atoms with Crippen LogP contribution in [-0.4, -0.2) is 23.1 Å². The molecule has 0 aromatic carbocycles. The highest BCUT2D eigenvalue weighted by Crippen LogP contribution is 2.31. The van der Waals surface area contributed by atoms with Crippen molar-refractivity contribution in [2.75, 3.05) is 18.0 Å². The molecular formula is C16H18ClN3. The summed E-state index contributed by atoms with van der Waals surface area (Å²) in [7, 11) is 0. The first-order valence-electron chi connectivity index (χ1n) is 7.05. The maximum Gasteiger partial charge on any atom is 0.147 e. The van der Waals surface area contributed by atoms with E-state index >= 15 is 0 Å². The van der Waals surface area contributed by atoms with Gasteiger partial charge in [0.1, 0.15) is 5.82 Å². The largest absolute Gasteiger partial charge is 0.355 e. The summed E-state index contributed by atoms with van der Waals surface area (Å²) in [6.07, 6.45) is 7.97. The van der Waals surface area contributed by atoms with Gasteiger partial charge in [0, 0.05) is 37.2 Å². The third-order valence-electron chi connectivity index (χ3n) is 3.79. The third kappa shape index (κ3) is 2.78. The number of nitrogens with zero attached hydrogens (tertiary/aromatic N) is 3. The van der Waals surface area contributed by atoms with Crippen LogP contribution in [0.15, 0.2) is 36.8 Å². The number of rotatable bonds is 2. The lowest BCUT2D eigenvalue weighted by Crippen LogP contribution is -2.34. The van der Waals surface area contributed by atoms with Crippen LogP contribution >= 0.6 is 11.6 Å². The standard InChI is InChI=1S/C16H18ClN3/c1-12-3-2-8-20(11-12)16-15(17)9-14(10-19-16)13-4-6-18-7-5-13/h4-7,9-10,12H,2-3,8,11H2,1H3. The molecule has 0 radical (unpaired) electrons. The Kier molecular flexibility index (Phi) is 3.88. The molecule has 0 N–H and O–H groups in total. The van der Waals surface area contributed by atoms with Crippen molar-refractivity contribution in [3.8, 4) is 11.1 Å². The fraction of sp³-hybridized carbons (Fsp3) is 0.375. The molecule has 104 valence electrons. The van der Waals surface area contributed by atoms with Gasteiger partial charge in [-0.3, -0.25) is 4.98 Å². The van der Waals surface area contributed by atoms with Crippen molar-refractivity contribution in [1.82, 2.24) is 9.97 Å². The number of halogens is 1. The van der Waals surface area contributed by atoms with Crippen molar-refractivity contribution in [2.24, 2.45) is 5.92 Å². The van der Waals surface area contributed by atoms with Gasteiger partial charge in [-0.15, -0.1) is 0 Å². The Morgan fingerprint density at radius 3 is 2.75 bits per heavy atom. The van der Waals surface area contributed by atoms with Crippen molar-refractivity contribution in [1.29, 1.82) is 0 Å². The first-order chi connectivity index (χ1) is 9.74. The zero-order valence-electron chi connectivity index (χ0n) is 11.6. The van der Waals surface area contributed by atoms with Gasteiger partial charge in [0.2, 0.25) is 0 Å². The minimum absolute atomic E-state index is 0.710. The monoisotopic (exact) mass is 287 g/mol. The van der Waals surface area contributed by atoms with Gasteiger partial charge in [0.25, 0.3) is 0 Å². The maximum absolute atomic E-state index is 6.44. The first kappa shape index (κ1) is 13.4. The Bertz CT molecular complexity index is 586. The number of hydrogen-bond donors (Lipinski definition) is 0. The second-order valence-corrected chi connectivity index (χ2v) is 5.87. The van der Waals surface area contributed by atoms with Gasteiger partial charge in [-0.25, -0.2) is 4.98 Å². The van der Waals surface area contributed by atoms with Crippen molar-refractivity contribution in [2.45, 2.75) is 19.8 Å². The number of anilines is 1. The van der Waals surface area contributed by atoms with Crippen LogP contribution in [0, 0.1) is 5.92 Å². The van der Waals surface area contributed by atoms with Crippen LogP contribution in [0.5, 0.6) is 0 Å². The van der Waals surface area contributed by atoms with Crippen LogP contribution in [0.4, 0.5) is 5.82 Å². The Morgan fingerprint density at radius 2 is 2.05 bits per heavy atom. The van der Waals surface area contributed by atoms with Gasteiger partial charge in [-0.05, 0) is 42.5 Å². The summed E-state index contributed by atoms with van der Waals surface area (Å²) in [5.41, 5.74) is 2.12. The SMILES string of the molecule is CC1CCCN(c2ncc(-c3ccncc3)cc2Cl)C1. The predicted molar refractivity (Wildman–Crippen MR) is 83.1 cm³/mol. The Labute approximate surface area is 124 Å². The van der Waals surface area contributed by atoms with E-state index in [4.69, 9.17) is 11.6 Å². The topological polar surface area (TPSA) is 29.0 Å². The molecule has 1 fully saturated rings. The zero-order chi connectivity index (χ0) is 13.9. The molecular weight excluding hydrogens is 270 g/mol. The van der Waals surface area contributed by atoms with E-state index in [9.17, 15) is 0 Å². The highest BCUT2D eigenvalue weighted by molar-refractivity contribution is 6.33. The van der Waals surface area contributed by atoms with Gasteiger partial charge < -0.3 is 4.90 Å². The molecule has 3 heterocycles. The molecule has 0 saturated carbocycles. The molecule has 1 saturated heterocycles. The van der Waals surface area contributed by atoms with Crippen LogP contribution in [0.25, 0.3) is 11.1 Å². The second-order valence-electron chi connectivity index (χ2n) is 5.46. The minimum atomic E-state index is 0.710. The van der Waals surface area contributed by atoms with Gasteiger partial charge in [-0.2, -0.15) is 0 Å². The lowest BCUT2D eigenvalue weighted by molar-refractivity contribution is 0.444. The molecule has 2 aromatic heterocycles. The molecule has 2 aromatic rings. The highest BCUT2D eigenvalue weighted by Gasteiger charge is 2.19. The van der Waals surface area contributed by atoms with Crippen molar-refractivity contribution >= 4 is 17.4 Å². The summed E-state index contributed by atoms with van der Waals surface area (Å²) in [5, 5.41) is 0.730. The van der Waals surface area contributed by atoms with E-state index in [-0.39, 0.29) is 0 Å². The number of piperidine rings is 1. The van der Waals surface area contributed by atoms with E-state index < -0.39 is 0 Å². The molecule has 4 heteroatoms. The highest BCUT2D eigenvalue weighted by atomic mass is 35.5. The Morgan fingerprint density at radius 1 is 1.25 bits per heavy atom. The number of hydrogen-bond acceptors (Lipinski definition) is 3. The summed E-state index contributed by atoms with van der Waals surface area (Å²) in [4.78, 5) is 10.9. The van der Waals surface area contributed by atoms with Crippen LogP contribution in [0.3, 0.4) is 0 Å². The van der Waals surface area contributed by atoms with E-state index in [1.54, 1.807) is 12.4 Å². The summed E-state index contributed by atoms with van der Waals surface area (Å²) in [6, 6.07) is 5.93. The average Bonchev–Trinajstić information content (AvgIpc) is 2.48. The summed E-state index contributed by atoms with van der Waals surface area (Å²) in [6.45, 7) is 4.37. The van der Waals surface area contributed by atoms with Crippen LogP contribution in [-0.2, 0) is 0 Å². The lowest BCUT2D eigenvalue weighted by atomic mass is 10.0. The van der Waals surface area contributed by atoms with E-state index in [1.165, 1.54) is 12.8 Å². The van der Waals surface area contributed by atoms with Gasteiger partial charge in [0.15, 0.2) is 0 Å². The molecule has 0 amide bonds. The average molecular weight is 288 g/mol. The molecule has 0 spiro atoms. The number of aromatic nitrogens is 2. The molecule has 0 bridgehead atoms. The quantitative estimate of drug-likeness (QED) is 0.835. The predicted octanol–water partition coefficient (Wildman–Crippen LogP) is 4.03. The van der Waals surface area contributed by atoms with Crippen molar-refractivity contribution < 1.29 is 0 Å². The molecule has 3 rings (SSSR count). The summed E-state index contributed by atoms with van der Waals surface area (Å²) < 4.78 is 0. The van der Waals surface area contributed by atoms with Gasteiger partial charge in [0.05, 0.1) is 5.02 Å².